The van der Waals surface area contributed by atoms with Gasteiger partial charge in [-0.1, -0.05) is 60.7 Å². The molecule has 0 fully saturated rings. The number of rotatable bonds is 3. The first-order valence-electron chi connectivity index (χ1n) is 6.73. The van der Waals surface area contributed by atoms with Gasteiger partial charge >= 0.3 is 0 Å². The summed E-state index contributed by atoms with van der Waals surface area (Å²) in [6.45, 7) is 0. The van der Waals surface area contributed by atoms with Gasteiger partial charge in [0.15, 0.2) is 15.7 Å². The van der Waals surface area contributed by atoms with Crippen molar-refractivity contribution in [2.45, 2.75) is 4.90 Å². The van der Waals surface area contributed by atoms with E-state index in [9.17, 15) is 8.42 Å². The van der Waals surface area contributed by atoms with Crippen molar-refractivity contribution in [3.05, 3.63) is 66.9 Å². The standard InChI is InChI=1S/C17H14N2O2S/c1-22(20,21)15-12-18-17(14-10-6-3-7-11-14)19-16(15)13-8-4-2-5-9-13/h2-12H,1H3. The molecule has 0 saturated carbocycles. The molecule has 0 unspecified atom stereocenters. The molecule has 2 aromatic carbocycles. The predicted molar refractivity (Wildman–Crippen MR) is 86.0 cm³/mol. The molecule has 1 aromatic heterocycles. The molecule has 0 aliphatic rings. The molecule has 0 N–H and O–H groups in total. The molecular weight excluding hydrogens is 296 g/mol. The van der Waals surface area contributed by atoms with Crippen molar-refractivity contribution in [3.63, 3.8) is 0 Å². The van der Waals surface area contributed by atoms with Gasteiger partial charge in [-0.2, -0.15) is 0 Å². The zero-order valence-electron chi connectivity index (χ0n) is 12.0. The van der Waals surface area contributed by atoms with Crippen LogP contribution in [0.5, 0.6) is 0 Å². The molecule has 0 spiro atoms. The van der Waals surface area contributed by atoms with Crippen LogP contribution in [0.1, 0.15) is 0 Å². The minimum atomic E-state index is -3.41. The van der Waals surface area contributed by atoms with Crippen LogP contribution in [0.15, 0.2) is 71.8 Å². The van der Waals surface area contributed by atoms with E-state index in [0.29, 0.717) is 11.5 Å². The number of hydrogen-bond donors (Lipinski definition) is 0. The minimum absolute atomic E-state index is 0.137. The van der Waals surface area contributed by atoms with E-state index in [1.807, 2.05) is 60.7 Å². The maximum atomic E-state index is 12.0. The van der Waals surface area contributed by atoms with Gasteiger partial charge in [0, 0.05) is 17.4 Å². The Morgan fingerprint density at radius 3 is 1.91 bits per heavy atom. The molecule has 4 nitrogen and oxygen atoms in total. The highest BCUT2D eigenvalue weighted by Gasteiger charge is 2.18. The van der Waals surface area contributed by atoms with E-state index < -0.39 is 9.84 Å². The molecule has 22 heavy (non-hydrogen) atoms. The van der Waals surface area contributed by atoms with Crippen LogP contribution in [0, 0.1) is 0 Å². The summed E-state index contributed by atoms with van der Waals surface area (Å²) in [5.74, 6) is 0.506. The molecule has 110 valence electrons. The number of sulfone groups is 1. The Morgan fingerprint density at radius 2 is 1.36 bits per heavy atom. The van der Waals surface area contributed by atoms with Crippen molar-refractivity contribution in [2.75, 3.05) is 6.26 Å². The van der Waals surface area contributed by atoms with Crippen molar-refractivity contribution in [1.29, 1.82) is 0 Å². The van der Waals surface area contributed by atoms with E-state index in [2.05, 4.69) is 9.97 Å². The fraction of sp³-hybridized carbons (Fsp3) is 0.0588. The first-order valence-corrected chi connectivity index (χ1v) is 8.63. The molecule has 3 aromatic rings. The van der Waals surface area contributed by atoms with E-state index in [4.69, 9.17) is 0 Å². The Labute approximate surface area is 129 Å². The summed E-state index contributed by atoms with van der Waals surface area (Å²) in [4.78, 5) is 8.84. The molecule has 1 heterocycles. The van der Waals surface area contributed by atoms with E-state index in [0.717, 1.165) is 11.1 Å². The highest BCUT2D eigenvalue weighted by atomic mass is 32.2. The third-order valence-corrected chi connectivity index (χ3v) is 4.33. The normalized spacial score (nSPS) is 11.3. The van der Waals surface area contributed by atoms with E-state index >= 15 is 0 Å². The molecule has 3 rings (SSSR count). The second kappa shape index (κ2) is 5.69. The highest BCUT2D eigenvalue weighted by Crippen LogP contribution is 2.27. The zero-order chi connectivity index (χ0) is 15.6. The van der Waals surface area contributed by atoms with E-state index in [-0.39, 0.29) is 4.90 Å². The highest BCUT2D eigenvalue weighted by molar-refractivity contribution is 7.90. The second-order valence-corrected chi connectivity index (χ2v) is 6.89. The third kappa shape index (κ3) is 2.89. The van der Waals surface area contributed by atoms with Crippen LogP contribution in [-0.2, 0) is 9.84 Å². The maximum absolute atomic E-state index is 12.0. The summed E-state index contributed by atoms with van der Waals surface area (Å²) in [6.07, 6.45) is 2.55. The molecule has 0 aliphatic carbocycles. The number of aromatic nitrogens is 2. The van der Waals surface area contributed by atoms with Crippen LogP contribution in [0.4, 0.5) is 0 Å². The van der Waals surface area contributed by atoms with Gasteiger partial charge in [0.25, 0.3) is 0 Å². The van der Waals surface area contributed by atoms with Crippen LogP contribution in [-0.4, -0.2) is 24.6 Å². The molecule has 0 radical (unpaired) electrons. The SMILES string of the molecule is CS(=O)(=O)c1cnc(-c2ccccc2)nc1-c1ccccc1. The largest absolute Gasteiger partial charge is 0.235 e. The van der Waals surface area contributed by atoms with Crippen LogP contribution in [0.3, 0.4) is 0 Å². The van der Waals surface area contributed by atoms with Crippen molar-refractivity contribution >= 4 is 9.84 Å². The Hall–Kier alpha value is -2.53. The van der Waals surface area contributed by atoms with Gasteiger partial charge in [-0.15, -0.1) is 0 Å². The summed E-state index contributed by atoms with van der Waals surface area (Å²) >= 11 is 0. The van der Waals surface area contributed by atoms with Gasteiger partial charge in [-0.25, -0.2) is 18.4 Å². The number of benzene rings is 2. The second-order valence-electron chi connectivity index (χ2n) is 4.91. The molecule has 0 saturated heterocycles. The van der Waals surface area contributed by atoms with Crippen molar-refractivity contribution in [1.82, 2.24) is 9.97 Å². The minimum Gasteiger partial charge on any atom is -0.235 e. The molecule has 5 heteroatoms. The van der Waals surface area contributed by atoms with Gasteiger partial charge in [-0.05, 0) is 0 Å². The third-order valence-electron chi connectivity index (χ3n) is 3.23. The van der Waals surface area contributed by atoms with E-state index in [1.165, 1.54) is 12.5 Å². The van der Waals surface area contributed by atoms with Gasteiger partial charge in [-0.3, -0.25) is 0 Å². The molecular formula is C17H14N2O2S. The fourth-order valence-corrected chi connectivity index (χ4v) is 2.93. The molecule has 0 amide bonds. The monoisotopic (exact) mass is 310 g/mol. The summed E-state index contributed by atoms with van der Waals surface area (Å²) in [7, 11) is -3.41. The van der Waals surface area contributed by atoms with Crippen molar-refractivity contribution in [3.8, 4) is 22.6 Å². The molecule has 0 aliphatic heterocycles. The first-order chi connectivity index (χ1) is 10.6. The van der Waals surface area contributed by atoms with Crippen molar-refractivity contribution < 1.29 is 8.42 Å². The topological polar surface area (TPSA) is 59.9 Å². The van der Waals surface area contributed by atoms with Gasteiger partial charge in [0.05, 0.1) is 11.9 Å². The lowest BCUT2D eigenvalue weighted by atomic mass is 10.1. The summed E-state index contributed by atoms with van der Waals surface area (Å²) < 4.78 is 24.0. The Bertz CT molecular complexity index is 892. The first kappa shape index (κ1) is 14.4. The quantitative estimate of drug-likeness (QED) is 0.745. The van der Waals surface area contributed by atoms with Crippen LogP contribution in [0.2, 0.25) is 0 Å². The molecule has 0 bridgehead atoms. The molecule has 0 atom stereocenters. The lowest BCUT2D eigenvalue weighted by Crippen LogP contribution is -2.04. The lowest BCUT2D eigenvalue weighted by molar-refractivity contribution is 0.601. The summed E-state index contributed by atoms with van der Waals surface area (Å²) in [5.41, 5.74) is 2.03. The van der Waals surface area contributed by atoms with Crippen molar-refractivity contribution in [2.24, 2.45) is 0 Å². The van der Waals surface area contributed by atoms with E-state index in [1.54, 1.807) is 0 Å². The predicted octanol–water partition coefficient (Wildman–Crippen LogP) is 3.21. The van der Waals surface area contributed by atoms with Gasteiger partial charge in [0.2, 0.25) is 0 Å². The Morgan fingerprint density at radius 1 is 0.818 bits per heavy atom. The summed E-state index contributed by atoms with van der Waals surface area (Å²) in [6, 6.07) is 18.7. The fourth-order valence-electron chi connectivity index (χ4n) is 2.17. The van der Waals surface area contributed by atoms with Crippen LogP contribution < -0.4 is 0 Å². The zero-order valence-corrected chi connectivity index (χ0v) is 12.8. The lowest BCUT2D eigenvalue weighted by Gasteiger charge is -2.09. The van der Waals surface area contributed by atoms with Crippen LogP contribution >= 0.6 is 0 Å². The van der Waals surface area contributed by atoms with Gasteiger partial charge < -0.3 is 0 Å². The Balaban J connectivity index is 2.24. The maximum Gasteiger partial charge on any atom is 0.179 e. The smallest absolute Gasteiger partial charge is 0.179 e. The van der Waals surface area contributed by atoms with Gasteiger partial charge in [0.1, 0.15) is 4.90 Å². The number of nitrogens with zero attached hydrogens (tertiary/aromatic N) is 2. The Kier molecular flexibility index (Phi) is 3.73. The average molecular weight is 310 g/mol. The number of hydrogen-bond acceptors (Lipinski definition) is 4. The van der Waals surface area contributed by atoms with Crippen LogP contribution in [0.25, 0.3) is 22.6 Å². The summed E-state index contributed by atoms with van der Waals surface area (Å²) in [5, 5.41) is 0. The average Bonchev–Trinajstić information content (AvgIpc) is 2.55.